The molecule has 23 heavy (non-hydrogen) atoms. The summed E-state index contributed by atoms with van der Waals surface area (Å²) in [6.07, 6.45) is 2.03. The number of hydrogen-bond acceptors (Lipinski definition) is 5. The number of benzene rings is 1. The third-order valence-electron chi connectivity index (χ3n) is 3.90. The molecule has 0 aliphatic carbocycles. The molecule has 1 atom stereocenters. The summed E-state index contributed by atoms with van der Waals surface area (Å²) in [5.74, 6) is 0.266. The van der Waals surface area contributed by atoms with Crippen LogP contribution in [0.2, 0.25) is 0 Å². The first-order chi connectivity index (χ1) is 11.1. The van der Waals surface area contributed by atoms with Gasteiger partial charge in [0.2, 0.25) is 5.91 Å². The van der Waals surface area contributed by atoms with Crippen LogP contribution in [-0.2, 0) is 11.2 Å². The Morgan fingerprint density at radius 2 is 2.00 bits per heavy atom. The third-order valence-corrected chi connectivity index (χ3v) is 5.02. The summed E-state index contributed by atoms with van der Waals surface area (Å²) in [6.45, 7) is 4.10. The SMILES string of the molecule is Cc1sc2ncnc(N[C@@H](Cc3ccccc3)C(N)=O)c2c1C. The third kappa shape index (κ3) is 3.17. The van der Waals surface area contributed by atoms with E-state index in [9.17, 15) is 4.79 Å². The molecule has 6 heteroatoms. The van der Waals surface area contributed by atoms with Gasteiger partial charge in [0.25, 0.3) is 0 Å². The molecule has 3 aromatic rings. The van der Waals surface area contributed by atoms with E-state index in [0.717, 1.165) is 21.3 Å². The summed E-state index contributed by atoms with van der Waals surface area (Å²) in [7, 11) is 0. The van der Waals surface area contributed by atoms with Crippen LogP contribution in [0.5, 0.6) is 0 Å². The summed E-state index contributed by atoms with van der Waals surface area (Å²) in [4.78, 5) is 22.6. The van der Waals surface area contributed by atoms with Gasteiger partial charge in [-0.15, -0.1) is 11.3 Å². The number of aryl methyl sites for hydroxylation is 2. The van der Waals surface area contributed by atoms with Gasteiger partial charge in [0.05, 0.1) is 5.39 Å². The van der Waals surface area contributed by atoms with Crippen LogP contribution in [0.1, 0.15) is 16.0 Å². The molecular weight excluding hydrogens is 308 g/mol. The monoisotopic (exact) mass is 326 g/mol. The van der Waals surface area contributed by atoms with Crippen molar-refractivity contribution in [1.29, 1.82) is 0 Å². The van der Waals surface area contributed by atoms with E-state index in [1.807, 2.05) is 37.3 Å². The van der Waals surface area contributed by atoms with Crippen LogP contribution in [0.4, 0.5) is 5.82 Å². The maximum absolute atomic E-state index is 11.9. The second kappa shape index (κ2) is 6.34. The van der Waals surface area contributed by atoms with Crippen LogP contribution in [0, 0.1) is 13.8 Å². The van der Waals surface area contributed by atoms with E-state index in [1.165, 1.54) is 11.2 Å². The highest BCUT2D eigenvalue weighted by Gasteiger charge is 2.19. The number of nitrogens with zero attached hydrogens (tertiary/aromatic N) is 2. The Hall–Kier alpha value is -2.47. The zero-order valence-electron chi connectivity index (χ0n) is 13.0. The van der Waals surface area contributed by atoms with Crippen molar-refractivity contribution in [3.63, 3.8) is 0 Å². The Balaban J connectivity index is 1.93. The molecule has 5 nitrogen and oxygen atoms in total. The highest BCUT2D eigenvalue weighted by atomic mass is 32.1. The molecule has 0 radical (unpaired) electrons. The molecule has 0 aliphatic rings. The molecule has 0 saturated carbocycles. The Labute approximate surface area is 138 Å². The number of carbonyl (C=O) groups is 1. The van der Waals surface area contributed by atoms with Crippen LogP contribution >= 0.6 is 11.3 Å². The molecule has 3 rings (SSSR count). The number of amides is 1. The zero-order chi connectivity index (χ0) is 16.4. The smallest absolute Gasteiger partial charge is 0.240 e. The Bertz CT molecular complexity index is 844. The van der Waals surface area contributed by atoms with Gasteiger partial charge in [-0.2, -0.15) is 0 Å². The Morgan fingerprint density at radius 3 is 2.70 bits per heavy atom. The molecule has 2 aromatic heterocycles. The van der Waals surface area contributed by atoms with Gasteiger partial charge in [-0.1, -0.05) is 30.3 Å². The number of fused-ring (bicyclic) bond motifs is 1. The van der Waals surface area contributed by atoms with Crippen LogP contribution in [0.15, 0.2) is 36.7 Å². The minimum absolute atomic E-state index is 0.398. The summed E-state index contributed by atoms with van der Waals surface area (Å²) >= 11 is 1.63. The molecule has 0 saturated heterocycles. The Morgan fingerprint density at radius 1 is 1.26 bits per heavy atom. The average Bonchev–Trinajstić information content (AvgIpc) is 2.83. The standard InChI is InChI=1S/C17H18N4OS/c1-10-11(2)23-17-14(10)16(19-9-20-17)21-13(15(18)22)8-12-6-4-3-5-7-12/h3-7,9,13H,8H2,1-2H3,(H2,18,22)(H,19,20,21)/t13-/m0/s1. The van der Waals surface area contributed by atoms with Crippen molar-refractivity contribution in [3.8, 4) is 0 Å². The van der Waals surface area contributed by atoms with E-state index in [0.29, 0.717) is 12.2 Å². The summed E-state index contributed by atoms with van der Waals surface area (Å²) in [6, 6.07) is 9.28. The van der Waals surface area contributed by atoms with Crippen molar-refractivity contribution in [2.45, 2.75) is 26.3 Å². The molecule has 1 amide bonds. The van der Waals surface area contributed by atoms with Crippen molar-refractivity contribution in [2.75, 3.05) is 5.32 Å². The number of primary amides is 1. The normalized spacial score (nSPS) is 12.3. The molecule has 0 unspecified atom stereocenters. The molecule has 0 bridgehead atoms. The number of rotatable bonds is 5. The fraction of sp³-hybridized carbons (Fsp3) is 0.235. The molecule has 118 valence electrons. The number of anilines is 1. The van der Waals surface area contributed by atoms with Crippen molar-refractivity contribution in [2.24, 2.45) is 5.73 Å². The van der Waals surface area contributed by atoms with Crippen molar-refractivity contribution in [1.82, 2.24) is 9.97 Å². The lowest BCUT2D eigenvalue weighted by molar-refractivity contribution is -0.118. The second-order valence-corrected chi connectivity index (χ2v) is 6.68. The number of hydrogen-bond donors (Lipinski definition) is 2. The van der Waals surface area contributed by atoms with E-state index < -0.39 is 11.9 Å². The molecule has 0 spiro atoms. The first-order valence-corrected chi connectivity index (χ1v) is 8.18. The number of aromatic nitrogens is 2. The maximum Gasteiger partial charge on any atom is 0.240 e. The average molecular weight is 326 g/mol. The summed E-state index contributed by atoms with van der Waals surface area (Å²) in [5.41, 5.74) is 7.76. The predicted octanol–water partition coefficient (Wildman–Crippen LogP) is 2.82. The first-order valence-electron chi connectivity index (χ1n) is 7.36. The van der Waals surface area contributed by atoms with E-state index >= 15 is 0 Å². The number of carbonyl (C=O) groups excluding carboxylic acids is 1. The highest BCUT2D eigenvalue weighted by molar-refractivity contribution is 7.18. The Kier molecular flexibility index (Phi) is 4.25. The largest absolute Gasteiger partial charge is 0.368 e. The highest BCUT2D eigenvalue weighted by Crippen LogP contribution is 2.32. The van der Waals surface area contributed by atoms with Gasteiger partial charge in [-0.05, 0) is 25.0 Å². The van der Waals surface area contributed by atoms with Crippen LogP contribution in [0.25, 0.3) is 10.2 Å². The second-order valence-electron chi connectivity index (χ2n) is 5.47. The lowest BCUT2D eigenvalue weighted by Crippen LogP contribution is -2.37. The van der Waals surface area contributed by atoms with Crippen molar-refractivity contribution in [3.05, 3.63) is 52.7 Å². The zero-order valence-corrected chi connectivity index (χ0v) is 13.9. The molecular formula is C17H18N4OS. The fourth-order valence-electron chi connectivity index (χ4n) is 2.53. The van der Waals surface area contributed by atoms with E-state index in [4.69, 9.17) is 5.73 Å². The number of nitrogens with two attached hydrogens (primary N) is 1. The molecule has 3 N–H and O–H groups in total. The number of thiophene rings is 1. The predicted molar refractivity (Wildman–Crippen MR) is 93.6 cm³/mol. The van der Waals surface area contributed by atoms with Crippen molar-refractivity contribution >= 4 is 33.3 Å². The van der Waals surface area contributed by atoms with Gasteiger partial charge in [-0.25, -0.2) is 9.97 Å². The van der Waals surface area contributed by atoms with E-state index in [2.05, 4.69) is 22.2 Å². The van der Waals surface area contributed by atoms with Gasteiger partial charge in [0, 0.05) is 11.3 Å². The quantitative estimate of drug-likeness (QED) is 0.755. The van der Waals surface area contributed by atoms with Gasteiger partial charge >= 0.3 is 0 Å². The lowest BCUT2D eigenvalue weighted by atomic mass is 10.1. The van der Waals surface area contributed by atoms with Crippen LogP contribution in [-0.4, -0.2) is 21.9 Å². The fourth-order valence-corrected chi connectivity index (χ4v) is 3.53. The van der Waals surface area contributed by atoms with Gasteiger partial charge in [0.1, 0.15) is 23.0 Å². The van der Waals surface area contributed by atoms with E-state index in [1.54, 1.807) is 11.3 Å². The first kappa shape index (κ1) is 15.4. The maximum atomic E-state index is 11.9. The molecule has 2 heterocycles. The van der Waals surface area contributed by atoms with E-state index in [-0.39, 0.29) is 0 Å². The van der Waals surface area contributed by atoms with Crippen LogP contribution in [0.3, 0.4) is 0 Å². The molecule has 1 aromatic carbocycles. The topological polar surface area (TPSA) is 80.9 Å². The molecule has 0 fully saturated rings. The van der Waals surface area contributed by atoms with Crippen LogP contribution < -0.4 is 11.1 Å². The van der Waals surface area contributed by atoms with Gasteiger partial charge < -0.3 is 11.1 Å². The minimum Gasteiger partial charge on any atom is -0.368 e. The lowest BCUT2D eigenvalue weighted by Gasteiger charge is -2.17. The summed E-state index contributed by atoms with van der Waals surface area (Å²) in [5, 5.41) is 4.17. The van der Waals surface area contributed by atoms with Gasteiger partial charge in [-0.3, -0.25) is 4.79 Å². The van der Waals surface area contributed by atoms with Crippen molar-refractivity contribution < 1.29 is 4.79 Å². The minimum atomic E-state index is -0.518. The molecule has 0 aliphatic heterocycles. The van der Waals surface area contributed by atoms with Gasteiger partial charge in [0.15, 0.2) is 0 Å². The summed E-state index contributed by atoms with van der Waals surface area (Å²) < 4.78 is 0. The number of nitrogens with one attached hydrogen (secondary N) is 1.